The van der Waals surface area contributed by atoms with Crippen molar-refractivity contribution >= 4 is 6.72 Å². The Morgan fingerprint density at radius 3 is 2.67 bits per heavy atom. The van der Waals surface area contributed by atoms with Gasteiger partial charge in [-0.1, -0.05) is 5.16 Å². The minimum atomic E-state index is -4.48. The van der Waals surface area contributed by atoms with Crippen LogP contribution in [0.3, 0.4) is 0 Å². The highest BCUT2D eigenvalue weighted by Gasteiger charge is 2.35. The fourth-order valence-corrected chi connectivity index (χ4v) is 0.634. The summed E-state index contributed by atoms with van der Waals surface area (Å²) in [4.78, 5) is 3.36. The molecular formula is C6H5F3N2O. The summed E-state index contributed by atoms with van der Waals surface area (Å²) in [5.74, 6) is -1.11. The molecule has 0 saturated carbocycles. The zero-order valence-electron chi connectivity index (χ0n) is 5.93. The third kappa shape index (κ3) is 1.84. The van der Waals surface area contributed by atoms with Crippen LogP contribution in [0.25, 0.3) is 0 Å². The number of nitrogens with zero attached hydrogens (tertiary/aromatic N) is 2. The molecule has 0 aliphatic rings. The first-order valence-corrected chi connectivity index (χ1v) is 2.99. The summed E-state index contributed by atoms with van der Waals surface area (Å²) >= 11 is 0. The fourth-order valence-electron chi connectivity index (χ4n) is 0.634. The molecule has 1 aromatic rings. The van der Waals surface area contributed by atoms with Crippen molar-refractivity contribution in [1.29, 1.82) is 0 Å². The molecule has 0 unspecified atom stereocenters. The van der Waals surface area contributed by atoms with Gasteiger partial charge in [0, 0.05) is 6.07 Å². The molecule has 0 N–H and O–H groups in total. The molecule has 0 aliphatic carbocycles. The standard InChI is InChI=1S/C6H5F3N2O/c1-10-3-4-2-5(12-11-4)6(7,8)9/h2H,1,3H2. The molecule has 0 bridgehead atoms. The Morgan fingerprint density at radius 1 is 1.58 bits per heavy atom. The Labute approximate surface area is 65.9 Å². The van der Waals surface area contributed by atoms with Crippen LogP contribution in [0.5, 0.6) is 0 Å². The lowest BCUT2D eigenvalue weighted by molar-refractivity contribution is -0.155. The summed E-state index contributed by atoms with van der Waals surface area (Å²) in [5.41, 5.74) is 0.123. The Morgan fingerprint density at radius 2 is 2.25 bits per heavy atom. The Hall–Kier alpha value is -1.33. The van der Waals surface area contributed by atoms with Crippen LogP contribution in [0.4, 0.5) is 13.2 Å². The van der Waals surface area contributed by atoms with Crippen LogP contribution in [-0.2, 0) is 12.7 Å². The zero-order valence-corrected chi connectivity index (χ0v) is 5.93. The summed E-state index contributed by atoms with van der Waals surface area (Å²) in [6.07, 6.45) is -4.48. The number of hydrogen-bond acceptors (Lipinski definition) is 3. The van der Waals surface area contributed by atoms with E-state index in [1.54, 1.807) is 0 Å². The maximum atomic E-state index is 11.9. The van der Waals surface area contributed by atoms with Gasteiger partial charge in [-0.3, -0.25) is 4.99 Å². The molecule has 3 nitrogen and oxygen atoms in total. The van der Waals surface area contributed by atoms with Crippen molar-refractivity contribution in [3.63, 3.8) is 0 Å². The average molecular weight is 178 g/mol. The highest BCUT2D eigenvalue weighted by molar-refractivity contribution is 5.24. The first-order chi connectivity index (χ1) is 5.54. The van der Waals surface area contributed by atoms with Gasteiger partial charge >= 0.3 is 6.18 Å². The molecule has 0 atom stereocenters. The van der Waals surface area contributed by atoms with Gasteiger partial charge in [-0.05, 0) is 6.72 Å². The molecule has 66 valence electrons. The number of aliphatic imine (C=N–C) groups is 1. The van der Waals surface area contributed by atoms with Crippen LogP contribution in [0.15, 0.2) is 15.6 Å². The van der Waals surface area contributed by atoms with Crippen molar-refractivity contribution in [3.05, 3.63) is 17.5 Å². The predicted molar refractivity (Wildman–Crippen MR) is 34.8 cm³/mol. The third-order valence-corrected chi connectivity index (χ3v) is 1.11. The molecule has 0 fully saturated rings. The van der Waals surface area contributed by atoms with Gasteiger partial charge in [-0.15, -0.1) is 0 Å². The summed E-state index contributed by atoms with van der Waals surface area (Å²) in [6, 6.07) is 0.800. The molecule has 6 heteroatoms. The number of rotatable bonds is 2. The van der Waals surface area contributed by atoms with E-state index in [4.69, 9.17) is 0 Å². The molecule has 1 rings (SSSR count). The van der Waals surface area contributed by atoms with E-state index < -0.39 is 11.9 Å². The largest absolute Gasteiger partial charge is 0.452 e. The van der Waals surface area contributed by atoms with Gasteiger partial charge in [0.15, 0.2) is 0 Å². The number of aromatic nitrogens is 1. The highest BCUT2D eigenvalue weighted by atomic mass is 19.4. The van der Waals surface area contributed by atoms with E-state index in [1.165, 1.54) is 0 Å². The van der Waals surface area contributed by atoms with Crippen LogP contribution < -0.4 is 0 Å². The van der Waals surface area contributed by atoms with Crippen LogP contribution in [0.2, 0.25) is 0 Å². The number of alkyl halides is 3. The molecule has 0 spiro atoms. The van der Waals surface area contributed by atoms with Gasteiger partial charge in [-0.25, -0.2) is 0 Å². The molecule has 0 amide bonds. The van der Waals surface area contributed by atoms with Crippen molar-refractivity contribution in [2.75, 3.05) is 0 Å². The summed E-state index contributed by atoms with van der Waals surface area (Å²) in [6.45, 7) is 3.14. The van der Waals surface area contributed by atoms with E-state index in [2.05, 4.69) is 21.4 Å². The van der Waals surface area contributed by atoms with Gasteiger partial charge in [0.2, 0.25) is 5.76 Å². The number of halogens is 3. The van der Waals surface area contributed by atoms with Gasteiger partial charge in [-0.2, -0.15) is 13.2 Å². The molecule has 0 saturated heterocycles. The third-order valence-electron chi connectivity index (χ3n) is 1.11. The topological polar surface area (TPSA) is 38.4 Å². The lowest BCUT2D eigenvalue weighted by Crippen LogP contribution is -2.02. The highest BCUT2D eigenvalue weighted by Crippen LogP contribution is 2.29. The lowest BCUT2D eigenvalue weighted by atomic mass is 10.3. The van der Waals surface area contributed by atoms with Crippen molar-refractivity contribution < 1.29 is 17.7 Å². The smallest absolute Gasteiger partial charge is 0.351 e. The summed E-state index contributed by atoms with van der Waals surface area (Å²) in [7, 11) is 0. The predicted octanol–water partition coefficient (Wildman–Crippen LogP) is 1.89. The molecule has 12 heavy (non-hydrogen) atoms. The van der Waals surface area contributed by atoms with Gasteiger partial charge in [0.25, 0.3) is 0 Å². The summed E-state index contributed by atoms with van der Waals surface area (Å²) < 4.78 is 39.6. The molecule has 1 aromatic heterocycles. The zero-order chi connectivity index (χ0) is 9.19. The SMILES string of the molecule is C=NCc1cc(C(F)(F)F)on1. The van der Waals surface area contributed by atoms with Crippen molar-refractivity contribution in [3.8, 4) is 0 Å². The Bertz CT molecular complexity index is 279. The molecule has 0 aromatic carbocycles. The van der Waals surface area contributed by atoms with Crippen LogP contribution in [0, 0.1) is 0 Å². The van der Waals surface area contributed by atoms with Gasteiger partial charge in [0.1, 0.15) is 5.69 Å². The Kier molecular flexibility index (Phi) is 2.16. The second-order valence-corrected chi connectivity index (χ2v) is 2.06. The van der Waals surface area contributed by atoms with Crippen LogP contribution in [-0.4, -0.2) is 11.9 Å². The van der Waals surface area contributed by atoms with Crippen molar-refractivity contribution in [1.82, 2.24) is 5.16 Å². The first kappa shape index (κ1) is 8.76. The normalized spacial score (nSPS) is 11.6. The molecular weight excluding hydrogens is 173 g/mol. The van der Waals surface area contributed by atoms with Gasteiger partial charge in [0.05, 0.1) is 6.54 Å². The molecule has 0 radical (unpaired) electrons. The average Bonchev–Trinajstić information content (AvgIpc) is 2.35. The van der Waals surface area contributed by atoms with Crippen molar-refractivity contribution in [2.45, 2.75) is 12.7 Å². The Balaban J connectivity index is 2.84. The molecule has 0 aliphatic heterocycles. The van der Waals surface area contributed by atoms with E-state index in [0.29, 0.717) is 0 Å². The van der Waals surface area contributed by atoms with E-state index in [-0.39, 0.29) is 12.2 Å². The maximum Gasteiger partial charge on any atom is 0.452 e. The maximum absolute atomic E-state index is 11.9. The minimum Gasteiger partial charge on any atom is -0.351 e. The quantitative estimate of drug-likeness (QED) is 0.648. The van der Waals surface area contributed by atoms with E-state index in [1.807, 2.05) is 0 Å². The van der Waals surface area contributed by atoms with E-state index in [9.17, 15) is 13.2 Å². The second-order valence-electron chi connectivity index (χ2n) is 2.06. The number of hydrogen-bond donors (Lipinski definition) is 0. The lowest BCUT2D eigenvalue weighted by Gasteiger charge is -1.97. The molecule has 1 heterocycles. The fraction of sp³-hybridized carbons (Fsp3) is 0.333. The van der Waals surface area contributed by atoms with Crippen LogP contribution in [0.1, 0.15) is 11.5 Å². The summed E-state index contributed by atoms with van der Waals surface area (Å²) in [5, 5.41) is 3.14. The van der Waals surface area contributed by atoms with E-state index >= 15 is 0 Å². The second kappa shape index (κ2) is 2.96. The van der Waals surface area contributed by atoms with Crippen molar-refractivity contribution in [2.24, 2.45) is 4.99 Å². The monoisotopic (exact) mass is 178 g/mol. The van der Waals surface area contributed by atoms with E-state index in [0.717, 1.165) is 6.07 Å². The van der Waals surface area contributed by atoms with Gasteiger partial charge < -0.3 is 4.52 Å². The first-order valence-electron chi connectivity index (χ1n) is 2.99. The van der Waals surface area contributed by atoms with Crippen LogP contribution >= 0.6 is 0 Å². The minimum absolute atomic E-state index is 0.0274.